The van der Waals surface area contributed by atoms with Crippen LogP contribution in [0.15, 0.2) is 24.3 Å². The zero-order valence-corrected chi connectivity index (χ0v) is 13.0. The molecule has 2 atom stereocenters. The summed E-state index contributed by atoms with van der Waals surface area (Å²) in [5, 5.41) is 2.46. The molecule has 108 valence electrons. The third kappa shape index (κ3) is 6.63. The molecule has 19 heavy (non-hydrogen) atoms. The lowest BCUT2D eigenvalue weighted by Gasteiger charge is -2.18. The summed E-state index contributed by atoms with van der Waals surface area (Å²) in [5.74, 6) is 1.03. The summed E-state index contributed by atoms with van der Waals surface area (Å²) < 4.78 is 6.01. The first-order valence-electron chi connectivity index (χ1n) is 7.69. The van der Waals surface area contributed by atoms with Gasteiger partial charge in [-0.05, 0) is 45.2 Å². The number of hydrogen-bond donors (Lipinski definition) is 1. The van der Waals surface area contributed by atoms with E-state index in [9.17, 15) is 0 Å². The van der Waals surface area contributed by atoms with Gasteiger partial charge in [-0.25, -0.2) is 0 Å². The highest BCUT2D eigenvalue weighted by atomic mass is 16.5. The summed E-state index contributed by atoms with van der Waals surface area (Å²) in [6.07, 6.45) is 5.24. The summed E-state index contributed by atoms with van der Waals surface area (Å²) >= 11 is 0. The molecule has 0 saturated heterocycles. The van der Waals surface area contributed by atoms with E-state index in [1.54, 1.807) is 0 Å². The highest BCUT2D eigenvalue weighted by molar-refractivity contribution is 5.31. The maximum absolute atomic E-state index is 6.01. The van der Waals surface area contributed by atoms with Gasteiger partial charge in [0.15, 0.2) is 0 Å². The Labute approximate surface area is 118 Å². The molecule has 1 aromatic rings. The number of benzene rings is 1. The zero-order valence-electron chi connectivity index (χ0n) is 13.0. The summed E-state index contributed by atoms with van der Waals surface area (Å²) in [6, 6.07) is 8.95. The van der Waals surface area contributed by atoms with Gasteiger partial charge in [-0.3, -0.25) is 0 Å². The Morgan fingerprint density at radius 1 is 1.16 bits per heavy atom. The van der Waals surface area contributed by atoms with Gasteiger partial charge in [-0.1, -0.05) is 31.5 Å². The Morgan fingerprint density at radius 3 is 2.58 bits per heavy atom. The van der Waals surface area contributed by atoms with Crippen molar-refractivity contribution in [2.75, 3.05) is 6.54 Å². The van der Waals surface area contributed by atoms with Gasteiger partial charge in [-0.2, -0.15) is 0 Å². The molecule has 1 rings (SSSR count). The average molecular weight is 264 g/mol. The van der Waals surface area contributed by atoms with Gasteiger partial charge in [0.2, 0.25) is 0 Å². The van der Waals surface area contributed by atoms with E-state index in [4.69, 9.17) is 4.74 Å². The molecular formula is C17H30NO+. The third-order valence-electron chi connectivity index (χ3n) is 3.58. The molecule has 0 aliphatic rings. The van der Waals surface area contributed by atoms with E-state index in [1.807, 2.05) is 6.07 Å². The van der Waals surface area contributed by atoms with Crippen LogP contribution < -0.4 is 10.1 Å². The number of para-hydroxylation sites is 1. The van der Waals surface area contributed by atoms with Crippen LogP contribution in [-0.2, 0) is 0 Å². The van der Waals surface area contributed by atoms with E-state index >= 15 is 0 Å². The fourth-order valence-corrected chi connectivity index (χ4v) is 2.19. The van der Waals surface area contributed by atoms with Crippen LogP contribution in [0.4, 0.5) is 0 Å². The smallest absolute Gasteiger partial charge is 0.122 e. The molecule has 0 saturated carbocycles. The van der Waals surface area contributed by atoms with Gasteiger partial charge in [-0.15, -0.1) is 0 Å². The fourth-order valence-electron chi connectivity index (χ4n) is 2.19. The van der Waals surface area contributed by atoms with E-state index in [-0.39, 0.29) is 0 Å². The van der Waals surface area contributed by atoms with Crippen molar-refractivity contribution in [2.24, 2.45) is 0 Å². The Bertz CT molecular complexity index is 351. The number of rotatable bonds is 9. The van der Waals surface area contributed by atoms with Crippen LogP contribution in [-0.4, -0.2) is 18.7 Å². The standard InChI is InChI=1S/C17H29NO/c1-5-6-13-18-15(3)11-12-16(4)19-17-10-8-7-9-14(17)2/h7-10,15-16,18H,5-6,11-13H2,1-4H3/p+1/t15-,16+/m1/s1. The van der Waals surface area contributed by atoms with E-state index in [1.165, 1.54) is 31.4 Å². The predicted molar refractivity (Wildman–Crippen MR) is 81.7 cm³/mol. The van der Waals surface area contributed by atoms with Crippen molar-refractivity contribution in [2.45, 2.75) is 65.5 Å². The minimum Gasteiger partial charge on any atom is -0.490 e. The van der Waals surface area contributed by atoms with Gasteiger partial charge in [0.05, 0.1) is 18.7 Å². The lowest BCUT2D eigenvalue weighted by atomic mass is 10.1. The number of quaternary nitrogens is 1. The van der Waals surface area contributed by atoms with Crippen molar-refractivity contribution in [1.29, 1.82) is 0 Å². The number of ether oxygens (including phenoxy) is 1. The molecule has 0 aliphatic carbocycles. The lowest BCUT2D eigenvalue weighted by Crippen LogP contribution is -2.89. The highest BCUT2D eigenvalue weighted by Crippen LogP contribution is 2.19. The number of hydrogen-bond acceptors (Lipinski definition) is 1. The maximum Gasteiger partial charge on any atom is 0.122 e. The van der Waals surface area contributed by atoms with Gasteiger partial charge < -0.3 is 10.1 Å². The maximum atomic E-state index is 6.01. The minimum absolute atomic E-state index is 0.295. The Kier molecular flexibility index (Phi) is 7.57. The zero-order chi connectivity index (χ0) is 14.1. The molecular weight excluding hydrogens is 234 g/mol. The van der Waals surface area contributed by atoms with Crippen LogP contribution >= 0.6 is 0 Å². The molecule has 0 fully saturated rings. The molecule has 0 amide bonds. The molecule has 0 bridgehead atoms. The second-order valence-electron chi connectivity index (χ2n) is 5.63. The van der Waals surface area contributed by atoms with Crippen LogP contribution in [0.5, 0.6) is 5.75 Å². The van der Waals surface area contributed by atoms with Gasteiger partial charge in [0.25, 0.3) is 0 Å². The van der Waals surface area contributed by atoms with Gasteiger partial charge in [0, 0.05) is 6.42 Å². The van der Waals surface area contributed by atoms with Crippen molar-refractivity contribution >= 4 is 0 Å². The first-order valence-corrected chi connectivity index (χ1v) is 7.69. The van der Waals surface area contributed by atoms with Crippen LogP contribution in [0.3, 0.4) is 0 Å². The topological polar surface area (TPSA) is 25.8 Å². The summed E-state index contributed by atoms with van der Waals surface area (Å²) in [6.45, 7) is 10.1. The summed E-state index contributed by atoms with van der Waals surface area (Å²) in [7, 11) is 0. The van der Waals surface area contributed by atoms with Crippen LogP contribution in [0.2, 0.25) is 0 Å². The molecule has 2 N–H and O–H groups in total. The molecule has 2 heteroatoms. The minimum atomic E-state index is 0.295. The van der Waals surface area contributed by atoms with Crippen LogP contribution in [0.1, 0.15) is 52.0 Å². The summed E-state index contributed by atoms with van der Waals surface area (Å²) in [4.78, 5) is 0. The lowest BCUT2D eigenvalue weighted by molar-refractivity contribution is -0.687. The Morgan fingerprint density at radius 2 is 1.89 bits per heavy atom. The molecule has 2 nitrogen and oxygen atoms in total. The molecule has 0 aliphatic heterocycles. The SMILES string of the molecule is CCCC[NH2+][C@H](C)CC[C@H](C)Oc1ccccc1C. The fraction of sp³-hybridized carbons (Fsp3) is 0.647. The van der Waals surface area contributed by atoms with Gasteiger partial charge in [0.1, 0.15) is 5.75 Å². The second-order valence-corrected chi connectivity index (χ2v) is 5.63. The molecule has 1 aromatic carbocycles. The number of nitrogens with two attached hydrogens (primary N) is 1. The van der Waals surface area contributed by atoms with Crippen molar-refractivity contribution in [3.8, 4) is 5.75 Å². The first-order chi connectivity index (χ1) is 9.13. The van der Waals surface area contributed by atoms with E-state index in [0.29, 0.717) is 12.1 Å². The summed E-state index contributed by atoms with van der Waals surface area (Å²) in [5.41, 5.74) is 1.22. The van der Waals surface area contributed by atoms with Crippen molar-refractivity contribution in [1.82, 2.24) is 0 Å². The quantitative estimate of drug-likeness (QED) is 0.680. The first kappa shape index (κ1) is 16.0. The third-order valence-corrected chi connectivity index (χ3v) is 3.58. The second kappa shape index (κ2) is 8.98. The van der Waals surface area contributed by atoms with Crippen LogP contribution in [0, 0.1) is 6.92 Å². The van der Waals surface area contributed by atoms with Crippen molar-refractivity contribution < 1.29 is 10.1 Å². The monoisotopic (exact) mass is 264 g/mol. The number of aryl methyl sites for hydroxylation is 1. The number of unbranched alkanes of at least 4 members (excludes halogenated alkanes) is 1. The van der Waals surface area contributed by atoms with E-state index < -0.39 is 0 Å². The molecule has 0 radical (unpaired) electrons. The van der Waals surface area contributed by atoms with Gasteiger partial charge >= 0.3 is 0 Å². The van der Waals surface area contributed by atoms with Crippen molar-refractivity contribution in [3.05, 3.63) is 29.8 Å². The normalized spacial score (nSPS) is 14.1. The molecule has 0 spiro atoms. The van der Waals surface area contributed by atoms with E-state index in [0.717, 1.165) is 12.2 Å². The van der Waals surface area contributed by atoms with E-state index in [2.05, 4.69) is 51.2 Å². The highest BCUT2D eigenvalue weighted by Gasteiger charge is 2.10. The largest absolute Gasteiger partial charge is 0.490 e. The molecule has 0 heterocycles. The molecule has 0 unspecified atom stereocenters. The Balaban J connectivity index is 2.24. The van der Waals surface area contributed by atoms with Crippen molar-refractivity contribution in [3.63, 3.8) is 0 Å². The Hall–Kier alpha value is -1.02. The van der Waals surface area contributed by atoms with Crippen LogP contribution in [0.25, 0.3) is 0 Å². The molecule has 0 aromatic heterocycles. The average Bonchev–Trinajstić information content (AvgIpc) is 2.39. The predicted octanol–water partition coefficient (Wildman–Crippen LogP) is 3.29.